The lowest BCUT2D eigenvalue weighted by Gasteiger charge is -2.16. The highest BCUT2D eigenvalue weighted by Crippen LogP contribution is 2.13. The second-order valence-electron chi connectivity index (χ2n) is 4.82. The van der Waals surface area contributed by atoms with E-state index in [-0.39, 0.29) is 18.7 Å². The Bertz CT molecular complexity index is 728. The van der Waals surface area contributed by atoms with E-state index in [1.165, 1.54) is 0 Å². The summed E-state index contributed by atoms with van der Waals surface area (Å²) in [6.45, 7) is 1.81. The van der Waals surface area contributed by atoms with E-state index in [9.17, 15) is 19.7 Å². The third-order valence-electron chi connectivity index (χ3n) is 3.18. The van der Waals surface area contributed by atoms with Crippen LogP contribution in [0.1, 0.15) is 23.0 Å². The van der Waals surface area contributed by atoms with E-state index in [1.54, 1.807) is 31.2 Å². The molecule has 2 N–H and O–H groups in total. The van der Waals surface area contributed by atoms with Crippen LogP contribution >= 0.6 is 0 Å². The molecule has 1 amide bonds. The number of carbonyl (C=O) groups excluding carboxylic acids is 2. The fourth-order valence-electron chi connectivity index (χ4n) is 2.11. The molecule has 2 rings (SSSR count). The smallest absolute Gasteiger partial charge is 0.353 e. The van der Waals surface area contributed by atoms with Crippen LogP contribution in [0, 0.1) is 10.1 Å². The number of hydrogen-bond acceptors (Lipinski definition) is 6. The van der Waals surface area contributed by atoms with Gasteiger partial charge in [0.25, 0.3) is 5.91 Å². The maximum atomic E-state index is 12.2. The largest absolute Gasteiger partial charge is 0.464 e. The predicted molar refractivity (Wildman–Crippen MR) is 83.3 cm³/mol. The molecular formula is C15H16N4O5. The van der Waals surface area contributed by atoms with Crippen molar-refractivity contribution in [3.05, 3.63) is 58.0 Å². The first kappa shape index (κ1) is 17.1. The van der Waals surface area contributed by atoms with Crippen LogP contribution in [0.5, 0.6) is 0 Å². The summed E-state index contributed by atoms with van der Waals surface area (Å²) in [5.41, 5.74) is 0.426. The number of ether oxygens (including phenoxy) is 1. The van der Waals surface area contributed by atoms with E-state index in [2.05, 4.69) is 15.3 Å². The fraction of sp³-hybridized carbons (Fsp3) is 0.267. The van der Waals surface area contributed by atoms with Gasteiger partial charge in [0, 0.05) is 6.42 Å². The molecule has 1 atom stereocenters. The van der Waals surface area contributed by atoms with Gasteiger partial charge < -0.3 is 20.2 Å². The summed E-state index contributed by atoms with van der Waals surface area (Å²) in [5.74, 6) is -1.97. The molecule has 24 heavy (non-hydrogen) atoms. The summed E-state index contributed by atoms with van der Waals surface area (Å²) in [6, 6.07) is 8.06. The zero-order valence-electron chi connectivity index (χ0n) is 12.9. The van der Waals surface area contributed by atoms with Crippen molar-refractivity contribution in [3.8, 4) is 0 Å². The highest BCUT2D eigenvalue weighted by atomic mass is 16.6. The van der Waals surface area contributed by atoms with Crippen molar-refractivity contribution in [3.63, 3.8) is 0 Å². The number of aromatic amines is 1. The van der Waals surface area contributed by atoms with E-state index in [4.69, 9.17) is 4.74 Å². The molecule has 0 bridgehead atoms. The number of nitrogens with one attached hydrogen (secondary N) is 2. The van der Waals surface area contributed by atoms with Gasteiger partial charge >= 0.3 is 11.8 Å². The lowest BCUT2D eigenvalue weighted by atomic mass is 10.1. The Labute approximate surface area is 137 Å². The van der Waals surface area contributed by atoms with Gasteiger partial charge in [-0.25, -0.2) is 14.8 Å². The molecule has 0 radical (unpaired) electrons. The lowest BCUT2D eigenvalue weighted by molar-refractivity contribution is -0.389. The molecule has 9 heteroatoms. The van der Waals surface area contributed by atoms with Crippen LogP contribution in [0.25, 0.3) is 0 Å². The quantitative estimate of drug-likeness (QED) is 0.446. The first-order valence-corrected chi connectivity index (χ1v) is 7.22. The maximum Gasteiger partial charge on any atom is 0.353 e. The van der Waals surface area contributed by atoms with Crippen LogP contribution in [-0.4, -0.2) is 39.4 Å². The fourth-order valence-corrected chi connectivity index (χ4v) is 2.11. The third kappa shape index (κ3) is 4.15. The molecule has 1 aromatic heterocycles. The van der Waals surface area contributed by atoms with Crippen LogP contribution in [0.2, 0.25) is 0 Å². The number of imidazole rings is 1. The third-order valence-corrected chi connectivity index (χ3v) is 3.18. The van der Waals surface area contributed by atoms with Crippen molar-refractivity contribution in [1.82, 2.24) is 15.3 Å². The lowest BCUT2D eigenvalue weighted by Crippen LogP contribution is -2.43. The Morgan fingerprint density at radius 3 is 2.71 bits per heavy atom. The predicted octanol–water partition coefficient (Wildman–Crippen LogP) is 1.22. The number of benzene rings is 1. The average Bonchev–Trinajstić information content (AvgIpc) is 3.05. The van der Waals surface area contributed by atoms with Crippen LogP contribution < -0.4 is 5.32 Å². The van der Waals surface area contributed by atoms with Crippen molar-refractivity contribution in [1.29, 1.82) is 0 Å². The topological polar surface area (TPSA) is 127 Å². The van der Waals surface area contributed by atoms with Gasteiger partial charge in [-0.3, -0.25) is 4.79 Å². The number of H-pyrrole nitrogens is 1. The van der Waals surface area contributed by atoms with Crippen molar-refractivity contribution < 1.29 is 19.2 Å². The molecule has 126 valence electrons. The number of hydrogen-bond donors (Lipinski definition) is 2. The van der Waals surface area contributed by atoms with Crippen LogP contribution in [0.4, 0.5) is 5.82 Å². The number of amides is 1. The van der Waals surface area contributed by atoms with Crippen molar-refractivity contribution in [2.75, 3.05) is 6.61 Å². The Kier molecular flexibility index (Phi) is 5.61. The molecule has 1 aromatic carbocycles. The molecule has 0 aliphatic rings. The number of nitrogens with zero attached hydrogens (tertiary/aromatic N) is 2. The van der Waals surface area contributed by atoms with Gasteiger partial charge in [-0.2, -0.15) is 0 Å². The highest BCUT2D eigenvalue weighted by Gasteiger charge is 2.28. The molecule has 2 aromatic rings. The standard InChI is InChI=1S/C15H16N4O5/c1-2-24-15(21)11(8-10-6-4-3-5-7-10)18-14(20)12-13(19(22)23)17-9-16-12/h3-7,9,11H,2,8H2,1H3,(H,16,17)(H,18,20)/t11-/m1/s1. The first-order valence-electron chi connectivity index (χ1n) is 7.22. The van der Waals surface area contributed by atoms with Gasteiger partial charge in [-0.15, -0.1) is 0 Å². The zero-order valence-corrected chi connectivity index (χ0v) is 12.9. The molecule has 0 aliphatic heterocycles. The van der Waals surface area contributed by atoms with Crippen LogP contribution in [-0.2, 0) is 16.0 Å². The molecule has 0 saturated heterocycles. The maximum absolute atomic E-state index is 12.2. The van der Waals surface area contributed by atoms with Crippen molar-refractivity contribution in [2.45, 2.75) is 19.4 Å². The monoisotopic (exact) mass is 332 g/mol. The van der Waals surface area contributed by atoms with Gasteiger partial charge in [-0.05, 0) is 17.4 Å². The molecule has 0 saturated carbocycles. The molecule has 0 unspecified atom stereocenters. The highest BCUT2D eigenvalue weighted by molar-refractivity contribution is 5.97. The normalized spacial score (nSPS) is 11.5. The van der Waals surface area contributed by atoms with Crippen molar-refractivity contribution >= 4 is 17.7 Å². The molecule has 0 spiro atoms. The molecule has 9 nitrogen and oxygen atoms in total. The number of rotatable bonds is 7. The SMILES string of the molecule is CCOC(=O)[C@@H](Cc1ccccc1)NC(=O)c1nc[nH]c1[N+](=O)[O-]. The van der Waals surface area contributed by atoms with E-state index < -0.39 is 28.7 Å². The summed E-state index contributed by atoms with van der Waals surface area (Å²) in [4.78, 5) is 40.3. The van der Waals surface area contributed by atoms with Gasteiger partial charge in [-0.1, -0.05) is 30.3 Å². The second kappa shape index (κ2) is 7.86. The number of nitro groups is 1. The summed E-state index contributed by atoms with van der Waals surface area (Å²) in [7, 11) is 0. The first-order chi connectivity index (χ1) is 11.5. The molecule has 0 aliphatic carbocycles. The van der Waals surface area contributed by atoms with Crippen LogP contribution in [0.15, 0.2) is 36.7 Å². The Morgan fingerprint density at radius 1 is 1.38 bits per heavy atom. The second-order valence-corrected chi connectivity index (χ2v) is 4.82. The Balaban J connectivity index is 2.18. The Morgan fingerprint density at radius 2 is 2.08 bits per heavy atom. The summed E-state index contributed by atoms with van der Waals surface area (Å²) in [6.07, 6.45) is 1.24. The minimum atomic E-state index is -0.976. The van der Waals surface area contributed by atoms with E-state index in [1.807, 2.05) is 6.07 Å². The molecule has 1 heterocycles. The molecule has 0 fully saturated rings. The van der Waals surface area contributed by atoms with Crippen LogP contribution in [0.3, 0.4) is 0 Å². The van der Waals surface area contributed by atoms with E-state index in [0.717, 1.165) is 11.9 Å². The van der Waals surface area contributed by atoms with E-state index >= 15 is 0 Å². The Hall–Kier alpha value is -3.23. The summed E-state index contributed by atoms with van der Waals surface area (Å²) in [5, 5.41) is 13.3. The molecular weight excluding hydrogens is 316 g/mol. The van der Waals surface area contributed by atoms with Gasteiger partial charge in [0.1, 0.15) is 6.04 Å². The number of aromatic nitrogens is 2. The minimum absolute atomic E-state index is 0.155. The van der Waals surface area contributed by atoms with Gasteiger partial charge in [0.2, 0.25) is 5.69 Å². The van der Waals surface area contributed by atoms with Gasteiger partial charge in [0.15, 0.2) is 6.33 Å². The minimum Gasteiger partial charge on any atom is -0.464 e. The van der Waals surface area contributed by atoms with Crippen molar-refractivity contribution in [2.24, 2.45) is 0 Å². The van der Waals surface area contributed by atoms with Gasteiger partial charge in [0.05, 0.1) is 6.61 Å². The average molecular weight is 332 g/mol. The zero-order chi connectivity index (χ0) is 17.5. The number of esters is 1. The number of carbonyl (C=O) groups is 2. The summed E-state index contributed by atoms with van der Waals surface area (Å²) >= 11 is 0. The summed E-state index contributed by atoms with van der Waals surface area (Å²) < 4.78 is 4.96. The van der Waals surface area contributed by atoms with E-state index in [0.29, 0.717) is 0 Å².